The standard InChI is InChI=1S/C17H18F2N2O2S/c18-14-2-1-12(9-15(14)19)17(22)20-10-16(13-3-8-24-11-13)21-4-6-23-7-5-21/h1-3,8-9,11,16H,4-7,10H2,(H,20,22)/t16-/m1/s1. The number of amides is 1. The first-order valence-electron chi connectivity index (χ1n) is 7.72. The Labute approximate surface area is 143 Å². The quantitative estimate of drug-likeness (QED) is 0.900. The Hall–Kier alpha value is -1.83. The number of carbonyl (C=O) groups is 1. The number of rotatable bonds is 5. The number of hydrogen-bond donors (Lipinski definition) is 1. The summed E-state index contributed by atoms with van der Waals surface area (Å²) in [6, 6.07) is 5.23. The summed E-state index contributed by atoms with van der Waals surface area (Å²) in [7, 11) is 0. The fourth-order valence-electron chi connectivity index (χ4n) is 2.74. The van der Waals surface area contributed by atoms with Gasteiger partial charge in [0.2, 0.25) is 0 Å². The number of nitrogens with one attached hydrogen (secondary N) is 1. The summed E-state index contributed by atoms with van der Waals surface area (Å²) in [5.74, 6) is -2.40. The molecule has 1 amide bonds. The zero-order valence-corrected chi connectivity index (χ0v) is 13.8. The molecular formula is C17H18F2N2O2S. The van der Waals surface area contributed by atoms with Crippen LogP contribution in [-0.2, 0) is 4.74 Å². The van der Waals surface area contributed by atoms with Crippen LogP contribution in [0.15, 0.2) is 35.0 Å². The summed E-state index contributed by atoms with van der Waals surface area (Å²) < 4.78 is 31.6. The lowest BCUT2D eigenvalue weighted by Crippen LogP contribution is -2.43. The van der Waals surface area contributed by atoms with Crippen LogP contribution in [-0.4, -0.2) is 43.7 Å². The molecule has 2 heterocycles. The van der Waals surface area contributed by atoms with E-state index in [0.717, 1.165) is 30.8 Å². The first-order valence-corrected chi connectivity index (χ1v) is 8.66. The van der Waals surface area contributed by atoms with E-state index in [4.69, 9.17) is 4.74 Å². The fraction of sp³-hybridized carbons (Fsp3) is 0.353. The van der Waals surface area contributed by atoms with Gasteiger partial charge in [-0.25, -0.2) is 8.78 Å². The monoisotopic (exact) mass is 352 g/mol. The Morgan fingerprint density at radius 2 is 2.04 bits per heavy atom. The van der Waals surface area contributed by atoms with Gasteiger partial charge in [0.25, 0.3) is 5.91 Å². The third kappa shape index (κ3) is 3.98. The largest absolute Gasteiger partial charge is 0.379 e. The molecule has 24 heavy (non-hydrogen) atoms. The molecule has 1 aliphatic heterocycles. The lowest BCUT2D eigenvalue weighted by molar-refractivity contribution is 0.0163. The van der Waals surface area contributed by atoms with Crippen molar-refractivity contribution in [3.8, 4) is 0 Å². The molecule has 1 fully saturated rings. The van der Waals surface area contributed by atoms with Crippen LogP contribution in [0.4, 0.5) is 8.78 Å². The van der Waals surface area contributed by atoms with Gasteiger partial charge in [-0.3, -0.25) is 9.69 Å². The van der Waals surface area contributed by atoms with Crippen LogP contribution in [0.2, 0.25) is 0 Å². The minimum Gasteiger partial charge on any atom is -0.379 e. The minimum absolute atomic E-state index is 0.0365. The van der Waals surface area contributed by atoms with Crippen molar-refractivity contribution in [1.82, 2.24) is 10.2 Å². The highest BCUT2D eigenvalue weighted by Gasteiger charge is 2.23. The van der Waals surface area contributed by atoms with Gasteiger partial charge in [0.1, 0.15) is 0 Å². The van der Waals surface area contributed by atoms with Crippen LogP contribution in [0.1, 0.15) is 22.0 Å². The Balaban J connectivity index is 1.68. The van der Waals surface area contributed by atoms with E-state index in [0.29, 0.717) is 19.8 Å². The molecule has 1 aromatic carbocycles. The van der Waals surface area contributed by atoms with E-state index >= 15 is 0 Å². The van der Waals surface area contributed by atoms with Crippen molar-refractivity contribution in [1.29, 1.82) is 0 Å². The lowest BCUT2D eigenvalue weighted by Gasteiger charge is -2.34. The molecule has 1 N–H and O–H groups in total. The summed E-state index contributed by atoms with van der Waals surface area (Å²) in [6.07, 6.45) is 0. The number of thiophene rings is 1. The average Bonchev–Trinajstić information content (AvgIpc) is 3.12. The first-order chi connectivity index (χ1) is 11.6. The van der Waals surface area contributed by atoms with Crippen molar-refractivity contribution in [2.75, 3.05) is 32.8 Å². The summed E-state index contributed by atoms with van der Waals surface area (Å²) in [4.78, 5) is 14.5. The Morgan fingerprint density at radius 1 is 1.25 bits per heavy atom. The van der Waals surface area contributed by atoms with Gasteiger partial charge in [-0.2, -0.15) is 11.3 Å². The fourth-order valence-corrected chi connectivity index (χ4v) is 3.45. The topological polar surface area (TPSA) is 41.6 Å². The third-order valence-electron chi connectivity index (χ3n) is 4.05. The molecule has 1 atom stereocenters. The average molecular weight is 352 g/mol. The highest BCUT2D eigenvalue weighted by molar-refractivity contribution is 7.07. The van der Waals surface area contributed by atoms with Gasteiger partial charge < -0.3 is 10.1 Å². The Bertz CT molecular complexity index is 688. The van der Waals surface area contributed by atoms with Crippen LogP contribution in [0.5, 0.6) is 0 Å². The molecule has 4 nitrogen and oxygen atoms in total. The van der Waals surface area contributed by atoms with Gasteiger partial charge in [0.05, 0.1) is 19.3 Å². The van der Waals surface area contributed by atoms with Gasteiger partial charge in [-0.05, 0) is 40.6 Å². The molecule has 128 valence electrons. The molecule has 0 unspecified atom stereocenters. The number of ether oxygens (including phenoxy) is 1. The molecule has 0 saturated carbocycles. The van der Waals surface area contributed by atoms with E-state index in [2.05, 4.69) is 15.6 Å². The van der Waals surface area contributed by atoms with Crippen molar-refractivity contribution < 1.29 is 18.3 Å². The predicted molar refractivity (Wildman–Crippen MR) is 88.1 cm³/mol. The number of nitrogens with zero attached hydrogens (tertiary/aromatic N) is 1. The molecule has 3 rings (SSSR count). The minimum atomic E-state index is -1.02. The number of carbonyl (C=O) groups excluding carboxylic acids is 1. The van der Waals surface area contributed by atoms with E-state index < -0.39 is 17.5 Å². The molecule has 0 aliphatic carbocycles. The number of benzene rings is 1. The number of halogens is 2. The van der Waals surface area contributed by atoms with E-state index in [-0.39, 0.29) is 11.6 Å². The molecule has 1 saturated heterocycles. The second-order valence-electron chi connectivity index (χ2n) is 5.56. The molecule has 1 aromatic heterocycles. The van der Waals surface area contributed by atoms with Gasteiger partial charge in [-0.1, -0.05) is 0 Å². The summed E-state index contributed by atoms with van der Waals surface area (Å²) in [5, 5.41) is 6.88. The van der Waals surface area contributed by atoms with Crippen LogP contribution in [0.25, 0.3) is 0 Å². The van der Waals surface area contributed by atoms with Crippen molar-refractivity contribution >= 4 is 17.2 Å². The molecule has 7 heteroatoms. The maximum atomic E-state index is 13.3. The zero-order chi connectivity index (χ0) is 16.9. The number of hydrogen-bond acceptors (Lipinski definition) is 4. The molecule has 2 aromatic rings. The van der Waals surface area contributed by atoms with E-state index in [1.807, 2.05) is 11.4 Å². The third-order valence-corrected chi connectivity index (χ3v) is 4.75. The van der Waals surface area contributed by atoms with Crippen molar-refractivity contribution in [2.45, 2.75) is 6.04 Å². The maximum absolute atomic E-state index is 13.3. The van der Waals surface area contributed by atoms with Crippen molar-refractivity contribution in [2.24, 2.45) is 0 Å². The maximum Gasteiger partial charge on any atom is 0.251 e. The van der Waals surface area contributed by atoms with E-state index in [9.17, 15) is 13.6 Å². The van der Waals surface area contributed by atoms with E-state index in [1.54, 1.807) is 11.3 Å². The molecule has 0 bridgehead atoms. The first kappa shape index (κ1) is 17.0. The van der Waals surface area contributed by atoms with Gasteiger partial charge >= 0.3 is 0 Å². The van der Waals surface area contributed by atoms with Gasteiger partial charge in [0.15, 0.2) is 11.6 Å². The van der Waals surface area contributed by atoms with Crippen molar-refractivity contribution in [3.63, 3.8) is 0 Å². The van der Waals surface area contributed by atoms with Crippen molar-refractivity contribution in [3.05, 3.63) is 57.8 Å². The second kappa shape index (κ2) is 7.83. The Morgan fingerprint density at radius 3 is 2.71 bits per heavy atom. The second-order valence-corrected chi connectivity index (χ2v) is 6.34. The Kier molecular flexibility index (Phi) is 5.55. The molecule has 1 aliphatic rings. The normalized spacial score (nSPS) is 16.8. The van der Waals surface area contributed by atoms with E-state index in [1.165, 1.54) is 6.07 Å². The van der Waals surface area contributed by atoms with Crippen LogP contribution in [0, 0.1) is 11.6 Å². The van der Waals surface area contributed by atoms with Crippen LogP contribution in [0.3, 0.4) is 0 Å². The predicted octanol–water partition coefficient (Wildman–Crippen LogP) is 2.83. The zero-order valence-electron chi connectivity index (χ0n) is 13.0. The summed E-state index contributed by atoms with van der Waals surface area (Å²) in [6.45, 7) is 3.31. The molecule has 0 radical (unpaired) electrons. The van der Waals surface area contributed by atoms with Crippen LogP contribution < -0.4 is 5.32 Å². The lowest BCUT2D eigenvalue weighted by atomic mass is 10.1. The highest BCUT2D eigenvalue weighted by Crippen LogP contribution is 2.23. The SMILES string of the molecule is O=C(NC[C@H](c1ccsc1)N1CCOCC1)c1ccc(F)c(F)c1. The summed E-state index contributed by atoms with van der Waals surface area (Å²) >= 11 is 1.60. The smallest absolute Gasteiger partial charge is 0.251 e. The summed E-state index contributed by atoms with van der Waals surface area (Å²) in [5.41, 5.74) is 1.24. The highest BCUT2D eigenvalue weighted by atomic mass is 32.1. The van der Waals surface area contributed by atoms with Gasteiger partial charge in [0, 0.05) is 25.2 Å². The van der Waals surface area contributed by atoms with Crippen LogP contribution >= 0.6 is 11.3 Å². The molecular weight excluding hydrogens is 334 g/mol. The number of morpholine rings is 1. The molecule has 0 spiro atoms. The van der Waals surface area contributed by atoms with Gasteiger partial charge in [-0.15, -0.1) is 0 Å².